The zero-order valence-corrected chi connectivity index (χ0v) is 20.5. The fraction of sp³-hybridized carbons (Fsp3) is 0.852. The maximum Gasteiger partial charge on any atom is 0.337 e. The monoisotopic (exact) mass is 462 g/mol. The summed E-state index contributed by atoms with van der Waals surface area (Å²) in [6.45, 7) is 4.88. The van der Waals surface area contributed by atoms with E-state index < -0.39 is 18.5 Å². The summed E-state index contributed by atoms with van der Waals surface area (Å²) in [6.07, 6.45) is 12.7. The number of allylic oxidation sites excluding steroid dienone is 1. The Balaban J connectivity index is 1.45. The molecule has 4 rings (SSSR count). The minimum Gasteiger partial charge on any atom is -0.435 e. The topological polar surface area (TPSA) is 71.1 Å². The molecule has 4 unspecified atom stereocenters. The summed E-state index contributed by atoms with van der Waals surface area (Å²) in [5.41, 5.74) is 1.63. The number of rotatable bonds is 10. The molecular weight excluding hydrogens is 420 g/mol. The molecule has 33 heavy (non-hydrogen) atoms. The first-order valence-electron chi connectivity index (χ1n) is 13.5. The lowest BCUT2D eigenvalue weighted by Crippen LogP contribution is -2.38. The molecule has 0 radical (unpaired) electrons. The van der Waals surface area contributed by atoms with Crippen molar-refractivity contribution in [2.45, 2.75) is 110 Å². The van der Waals surface area contributed by atoms with Crippen molar-refractivity contribution in [3.8, 4) is 0 Å². The van der Waals surface area contributed by atoms with Crippen LogP contribution in [0, 0.1) is 23.7 Å². The third kappa shape index (κ3) is 5.82. The summed E-state index contributed by atoms with van der Waals surface area (Å²) >= 11 is 0. The van der Waals surface area contributed by atoms with Gasteiger partial charge in [0.25, 0.3) is 0 Å². The zero-order chi connectivity index (χ0) is 23.2. The molecule has 3 saturated carbocycles. The Morgan fingerprint density at radius 2 is 1.33 bits per heavy atom. The number of carbonyl (C=O) groups is 2. The molecule has 0 amide bonds. The van der Waals surface area contributed by atoms with Crippen LogP contribution in [-0.4, -0.2) is 37.7 Å². The van der Waals surface area contributed by atoms with E-state index in [0.29, 0.717) is 18.8 Å². The molecule has 4 atom stereocenters. The summed E-state index contributed by atoms with van der Waals surface area (Å²) in [6, 6.07) is 0. The van der Waals surface area contributed by atoms with Gasteiger partial charge in [0.1, 0.15) is 0 Å². The van der Waals surface area contributed by atoms with E-state index in [1.165, 1.54) is 12.8 Å². The van der Waals surface area contributed by atoms with E-state index in [1.807, 2.05) is 13.8 Å². The molecule has 0 aliphatic heterocycles. The van der Waals surface area contributed by atoms with Crippen LogP contribution in [0.15, 0.2) is 11.1 Å². The SMILES string of the molecule is CCOC(OC(=O)C1=C2CCC(C2)C1C(=O)OC(OCC)C1CCCCC1)C1CCCCC1. The number of hydrogen-bond donors (Lipinski definition) is 0. The van der Waals surface area contributed by atoms with Crippen LogP contribution in [0.1, 0.15) is 97.3 Å². The summed E-state index contributed by atoms with van der Waals surface area (Å²) in [4.78, 5) is 26.8. The number of carbonyl (C=O) groups excluding carboxylic acids is 2. The van der Waals surface area contributed by atoms with Crippen molar-refractivity contribution in [1.82, 2.24) is 0 Å². The van der Waals surface area contributed by atoms with E-state index in [0.717, 1.165) is 76.2 Å². The molecule has 0 saturated heterocycles. The van der Waals surface area contributed by atoms with Crippen molar-refractivity contribution >= 4 is 11.9 Å². The van der Waals surface area contributed by atoms with Crippen LogP contribution in [0.25, 0.3) is 0 Å². The molecule has 4 aliphatic rings. The zero-order valence-electron chi connectivity index (χ0n) is 20.5. The van der Waals surface area contributed by atoms with Crippen LogP contribution in [0.5, 0.6) is 0 Å². The quantitative estimate of drug-likeness (QED) is 0.307. The van der Waals surface area contributed by atoms with Crippen molar-refractivity contribution in [2.75, 3.05) is 13.2 Å². The van der Waals surface area contributed by atoms with Crippen LogP contribution in [0.3, 0.4) is 0 Å². The van der Waals surface area contributed by atoms with Crippen molar-refractivity contribution in [3.05, 3.63) is 11.1 Å². The fourth-order valence-electron chi connectivity index (χ4n) is 6.48. The predicted molar refractivity (Wildman–Crippen MR) is 124 cm³/mol. The fourth-order valence-corrected chi connectivity index (χ4v) is 6.48. The van der Waals surface area contributed by atoms with E-state index in [1.54, 1.807) is 0 Å². The molecule has 6 heteroatoms. The Hall–Kier alpha value is -1.40. The van der Waals surface area contributed by atoms with Crippen LogP contribution in [0.4, 0.5) is 0 Å². The highest BCUT2D eigenvalue weighted by Gasteiger charge is 2.49. The first-order chi connectivity index (χ1) is 16.1. The van der Waals surface area contributed by atoms with Crippen LogP contribution < -0.4 is 0 Å². The number of ether oxygens (including phenoxy) is 4. The molecule has 4 aliphatic carbocycles. The van der Waals surface area contributed by atoms with Gasteiger partial charge in [-0.05, 0) is 64.7 Å². The average Bonchev–Trinajstić information content (AvgIpc) is 3.46. The van der Waals surface area contributed by atoms with E-state index in [-0.39, 0.29) is 29.7 Å². The molecule has 0 heterocycles. The predicted octanol–water partition coefficient (Wildman–Crippen LogP) is 5.69. The largest absolute Gasteiger partial charge is 0.435 e. The molecule has 186 valence electrons. The third-order valence-electron chi connectivity index (χ3n) is 8.15. The van der Waals surface area contributed by atoms with E-state index in [9.17, 15) is 9.59 Å². The second kappa shape index (κ2) is 11.8. The van der Waals surface area contributed by atoms with Crippen molar-refractivity contribution < 1.29 is 28.5 Å². The van der Waals surface area contributed by atoms with E-state index >= 15 is 0 Å². The molecule has 3 fully saturated rings. The molecule has 0 N–H and O–H groups in total. The van der Waals surface area contributed by atoms with Crippen LogP contribution in [-0.2, 0) is 28.5 Å². The van der Waals surface area contributed by atoms with Gasteiger partial charge in [0.15, 0.2) is 0 Å². The smallest absolute Gasteiger partial charge is 0.337 e. The van der Waals surface area contributed by atoms with Gasteiger partial charge in [-0.2, -0.15) is 0 Å². The second-order valence-corrected chi connectivity index (χ2v) is 10.3. The Kier molecular flexibility index (Phi) is 8.86. The molecule has 0 spiro atoms. The number of esters is 2. The highest BCUT2D eigenvalue weighted by atomic mass is 16.7. The maximum atomic E-state index is 13.4. The standard InChI is InChI=1S/C27H42O6/c1-3-30-26(18-11-7-5-8-12-18)32-24(28)22-20-15-16-21(17-20)23(22)25(29)33-27(31-4-2)19-13-9-6-10-14-19/h18-20,22,26-27H,3-17H2,1-2H3. The van der Waals surface area contributed by atoms with Gasteiger partial charge in [-0.3, -0.25) is 4.79 Å². The van der Waals surface area contributed by atoms with Gasteiger partial charge in [0.05, 0.1) is 11.5 Å². The highest BCUT2D eigenvalue weighted by Crippen LogP contribution is 2.49. The normalized spacial score (nSPS) is 28.1. The Morgan fingerprint density at radius 1 is 0.788 bits per heavy atom. The lowest BCUT2D eigenvalue weighted by molar-refractivity contribution is -0.200. The Labute approximate surface area is 198 Å². The van der Waals surface area contributed by atoms with Gasteiger partial charge in [0.2, 0.25) is 12.6 Å². The van der Waals surface area contributed by atoms with Crippen molar-refractivity contribution in [3.63, 3.8) is 0 Å². The molecule has 2 bridgehead atoms. The average molecular weight is 463 g/mol. The van der Waals surface area contributed by atoms with Gasteiger partial charge in [-0.15, -0.1) is 0 Å². The molecular formula is C27H42O6. The molecule has 0 aromatic rings. The summed E-state index contributed by atoms with van der Waals surface area (Å²) < 4.78 is 23.7. The first kappa shape index (κ1) is 24.7. The first-order valence-corrected chi connectivity index (χ1v) is 13.5. The second-order valence-electron chi connectivity index (χ2n) is 10.3. The van der Waals surface area contributed by atoms with Gasteiger partial charge in [-0.1, -0.05) is 44.1 Å². The van der Waals surface area contributed by atoms with E-state index in [2.05, 4.69) is 0 Å². The third-order valence-corrected chi connectivity index (χ3v) is 8.15. The Bertz CT molecular complexity index is 703. The summed E-state index contributed by atoms with van der Waals surface area (Å²) in [7, 11) is 0. The minimum atomic E-state index is -0.526. The molecule has 0 aromatic carbocycles. The van der Waals surface area contributed by atoms with Crippen LogP contribution >= 0.6 is 0 Å². The van der Waals surface area contributed by atoms with Crippen molar-refractivity contribution in [1.29, 1.82) is 0 Å². The number of hydrogen-bond acceptors (Lipinski definition) is 6. The molecule has 0 aromatic heterocycles. The summed E-state index contributed by atoms with van der Waals surface area (Å²) in [5.74, 6) is -0.575. The maximum absolute atomic E-state index is 13.4. The summed E-state index contributed by atoms with van der Waals surface area (Å²) in [5, 5.41) is 0. The van der Waals surface area contributed by atoms with E-state index in [4.69, 9.17) is 18.9 Å². The lowest BCUT2D eigenvalue weighted by atomic mass is 9.85. The van der Waals surface area contributed by atoms with Gasteiger partial charge < -0.3 is 18.9 Å². The Morgan fingerprint density at radius 3 is 1.88 bits per heavy atom. The lowest BCUT2D eigenvalue weighted by Gasteiger charge is -2.32. The highest BCUT2D eigenvalue weighted by molar-refractivity contribution is 5.98. The molecule has 6 nitrogen and oxygen atoms in total. The minimum absolute atomic E-state index is 0.143. The van der Waals surface area contributed by atoms with Crippen LogP contribution in [0.2, 0.25) is 0 Å². The van der Waals surface area contributed by atoms with Crippen molar-refractivity contribution in [2.24, 2.45) is 23.7 Å². The van der Waals surface area contributed by atoms with Gasteiger partial charge >= 0.3 is 11.9 Å². The number of fused-ring (bicyclic) bond motifs is 2. The van der Waals surface area contributed by atoms with Gasteiger partial charge in [-0.25, -0.2) is 4.79 Å². The van der Waals surface area contributed by atoms with Gasteiger partial charge in [0, 0.05) is 25.0 Å².